The maximum atomic E-state index is 6.41. The summed E-state index contributed by atoms with van der Waals surface area (Å²) in [5.41, 5.74) is 1.50. The summed E-state index contributed by atoms with van der Waals surface area (Å²) in [4.78, 5) is 4.41. The van der Waals surface area contributed by atoms with Gasteiger partial charge in [-0.15, -0.1) is 0 Å². The van der Waals surface area contributed by atoms with Gasteiger partial charge in [-0.1, -0.05) is 25.4 Å². The molecule has 16 heavy (non-hydrogen) atoms. The van der Waals surface area contributed by atoms with E-state index in [0.29, 0.717) is 5.92 Å². The highest BCUT2D eigenvalue weighted by Crippen LogP contribution is 2.63. The molecule has 86 valence electrons. The highest BCUT2D eigenvalue weighted by Gasteiger charge is 2.60. The van der Waals surface area contributed by atoms with Crippen molar-refractivity contribution in [3.05, 3.63) is 21.3 Å². The third-order valence-electron chi connectivity index (χ3n) is 3.98. The average Bonchev–Trinajstić information content (AvgIpc) is 2.83. The highest BCUT2D eigenvalue weighted by atomic mass is 79.9. The molecule has 1 unspecified atom stereocenters. The van der Waals surface area contributed by atoms with Crippen LogP contribution in [0.15, 0.2) is 10.7 Å². The average molecular weight is 302 g/mol. The van der Waals surface area contributed by atoms with E-state index >= 15 is 0 Å². The Hall–Kier alpha value is -0.280. The van der Waals surface area contributed by atoms with Crippen LogP contribution in [0.3, 0.4) is 0 Å². The van der Waals surface area contributed by atoms with E-state index in [1.165, 1.54) is 12.0 Å². The molecule has 1 fully saturated rings. The van der Waals surface area contributed by atoms with Crippen LogP contribution < -0.4 is 5.32 Å². The molecule has 2 nitrogen and oxygen atoms in total. The van der Waals surface area contributed by atoms with Gasteiger partial charge in [-0.05, 0) is 34.2 Å². The maximum Gasteiger partial charge on any atom is 0.131 e. The molecule has 2 aliphatic rings. The van der Waals surface area contributed by atoms with Crippen molar-refractivity contribution in [1.82, 2.24) is 4.98 Å². The number of pyridine rings is 1. The maximum absolute atomic E-state index is 6.41. The Kier molecular flexibility index (Phi) is 2.28. The number of halogens is 2. The van der Waals surface area contributed by atoms with Crippen molar-refractivity contribution >= 4 is 33.3 Å². The van der Waals surface area contributed by atoms with Crippen LogP contribution in [0.2, 0.25) is 5.02 Å². The molecule has 1 aromatic rings. The second-order valence-electron chi connectivity index (χ2n) is 5.21. The quantitative estimate of drug-likeness (QED) is 0.852. The first-order valence-corrected chi connectivity index (χ1v) is 6.82. The standard InChI is InChI=1S/C12H14BrClN2/c1-6(2)7-3-12(7)5-16-11-9(12)10(14)8(13)4-15-11/h4,6-7H,3,5H2,1-2H3,(H,15,16)/t7?,12-/m1/s1. The molecule has 0 saturated heterocycles. The number of anilines is 1. The van der Waals surface area contributed by atoms with Gasteiger partial charge < -0.3 is 5.32 Å². The molecule has 0 radical (unpaired) electrons. The Morgan fingerprint density at radius 3 is 3.00 bits per heavy atom. The van der Waals surface area contributed by atoms with E-state index in [4.69, 9.17) is 11.6 Å². The summed E-state index contributed by atoms with van der Waals surface area (Å²) in [6.07, 6.45) is 3.02. The summed E-state index contributed by atoms with van der Waals surface area (Å²) in [7, 11) is 0. The van der Waals surface area contributed by atoms with Gasteiger partial charge in [0.1, 0.15) is 5.82 Å². The highest BCUT2D eigenvalue weighted by molar-refractivity contribution is 9.10. The zero-order valence-corrected chi connectivity index (χ0v) is 11.7. The molecule has 0 aromatic carbocycles. The third kappa shape index (κ3) is 1.28. The van der Waals surface area contributed by atoms with Crippen LogP contribution in [0, 0.1) is 11.8 Å². The second-order valence-corrected chi connectivity index (χ2v) is 6.44. The predicted octanol–water partition coefficient (Wildman–Crippen LogP) is 3.84. The lowest BCUT2D eigenvalue weighted by molar-refractivity contribution is 0.498. The van der Waals surface area contributed by atoms with E-state index in [0.717, 1.165) is 27.8 Å². The van der Waals surface area contributed by atoms with Crippen molar-refractivity contribution in [2.45, 2.75) is 25.7 Å². The minimum absolute atomic E-state index is 0.261. The van der Waals surface area contributed by atoms with Gasteiger partial charge in [0, 0.05) is 23.7 Å². The zero-order valence-electron chi connectivity index (χ0n) is 9.35. The van der Waals surface area contributed by atoms with Gasteiger partial charge >= 0.3 is 0 Å². The number of hydrogen-bond acceptors (Lipinski definition) is 2. The molecular formula is C12H14BrClN2. The molecule has 1 aliphatic heterocycles. The van der Waals surface area contributed by atoms with Gasteiger partial charge in [0.15, 0.2) is 0 Å². The minimum Gasteiger partial charge on any atom is -0.369 e. The van der Waals surface area contributed by atoms with Gasteiger partial charge in [0.25, 0.3) is 0 Å². The number of hydrogen-bond donors (Lipinski definition) is 1. The van der Waals surface area contributed by atoms with Crippen LogP contribution in [-0.2, 0) is 5.41 Å². The van der Waals surface area contributed by atoms with Crippen molar-refractivity contribution in [3.63, 3.8) is 0 Å². The first-order chi connectivity index (χ1) is 7.56. The number of nitrogens with zero attached hydrogens (tertiary/aromatic N) is 1. The number of rotatable bonds is 1. The van der Waals surface area contributed by atoms with Crippen LogP contribution in [-0.4, -0.2) is 11.5 Å². The molecule has 3 rings (SSSR count). The van der Waals surface area contributed by atoms with Crippen LogP contribution in [0.5, 0.6) is 0 Å². The van der Waals surface area contributed by atoms with Gasteiger partial charge in [-0.3, -0.25) is 0 Å². The molecule has 1 N–H and O–H groups in total. The summed E-state index contributed by atoms with van der Waals surface area (Å²) in [6, 6.07) is 0. The molecule has 1 aromatic heterocycles. The normalized spacial score (nSPS) is 30.7. The lowest BCUT2D eigenvalue weighted by Crippen LogP contribution is -2.15. The topological polar surface area (TPSA) is 24.9 Å². The summed E-state index contributed by atoms with van der Waals surface area (Å²) in [6.45, 7) is 5.57. The Bertz CT molecular complexity index is 461. The van der Waals surface area contributed by atoms with Gasteiger partial charge in [0.2, 0.25) is 0 Å². The summed E-state index contributed by atoms with van der Waals surface area (Å²) < 4.78 is 0.908. The Balaban J connectivity index is 2.10. The smallest absolute Gasteiger partial charge is 0.131 e. The van der Waals surface area contributed by atoms with E-state index < -0.39 is 0 Å². The van der Waals surface area contributed by atoms with Crippen molar-refractivity contribution in [3.8, 4) is 0 Å². The van der Waals surface area contributed by atoms with Crippen LogP contribution in [0.25, 0.3) is 0 Å². The van der Waals surface area contributed by atoms with Crippen LogP contribution >= 0.6 is 27.5 Å². The van der Waals surface area contributed by atoms with Crippen molar-refractivity contribution in [1.29, 1.82) is 0 Å². The summed E-state index contributed by atoms with van der Waals surface area (Å²) in [5, 5.41) is 4.23. The molecule has 2 heterocycles. The molecular weight excluding hydrogens is 288 g/mol. The first-order valence-electron chi connectivity index (χ1n) is 5.64. The minimum atomic E-state index is 0.261. The van der Waals surface area contributed by atoms with E-state index in [1.54, 1.807) is 6.20 Å². The SMILES string of the molecule is CC(C)C1C[C@@]12CNc1ncc(Br)c(Cl)c12. The van der Waals surface area contributed by atoms with Gasteiger partial charge in [-0.2, -0.15) is 0 Å². The predicted molar refractivity (Wildman–Crippen MR) is 70.1 cm³/mol. The number of fused-ring (bicyclic) bond motifs is 2. The number of aromatic nitrogens is 1. The van der Waals surface area contributed by atoms with Crippen LogP contribution in [0.1, 0.15) is 25.8 Å². The summed E-state index contributed by atoms with van der Waals surface area (Å²) in [5.74, 6) is 2.44. The zero-order chi connectivity index (χ0) is 11.5. The Labute approximate surface area is 109 Å². The van der Waals surface area contributed by atoms with E-state index in [9.17, 15) is 0 Å². The molecule has 1 aliphatic carbocycles. The Morgan fingerprint density at radius 2 is 2.38 bits per heavy atom. The van der Waals surface area contributed by atoms with E-state index in [1.807, 2.05) is 0 Å². The fraction of sp³-hybridized carbons (Fsp3) is 0.583. The second kappa shape index (κ2) is 3.36. The van der Waals surface area contributed by atoms with E-state index in [-0.39, 0.29) is 5.41 Å². The van der Waals surface area contributed by atoms with Crippen LogP contribution in [0.4, 0.5) is 5.82 Å². The first kappa shape index (κ1) is 10.8. The lowest BCUT2D eigenvalue weighted by Gasteiger charge is -2.13. The molecule has 4 heteroatoms. The van der Waals surface area contributed by atoms with Gasteiger partial charge in [-0.25, -0.2) is 4.98 Å². The van der Waals surface area contributed by atoms with Gasteiger partial charge in [0.05, 0.1) is 9.50 Å². The summed E-state index contributed by atoms with van der Waals surface area (Å²) >= 11 is 9.87. The lowest BCUT2D eigenvalue weighted by atomic mass is 9.92. The molecule has 2 atom stereocenters. The molecule has 0 bridgehead atoms. The molecule has 0 amide bonds. The largest absolute Gasteiger partial charge is 0.369 e. The molecule has 1 saturated carbocycles. The third-order valence-corrected chi connectivity index (χ3v) is 5.20. The fourth-order valence-electron chi connectivity index (χ4n) is 3.08. The fourth-order valence-corrected chi connectivity index (χ4v) is 3.71. The van der Waals surface area contributed by atoms with Crippen molar-refractivity contribution in [2.75, 3.05) is 11.9 Å². The number of nitrogens with one attached hydrogen (secondary N) is 1. The van der Waals surface area contributed by atoms with Crippen molar-refractivity contribution < 1.29 is 0 Å². The Morgan fingerprint density at radius 1 is 1.62 bits per heavy atom. The molecule has 1 spiro atoms. The monoisotopic (exact) mass is 300 g/mol. The van der Waals surface area contributed by atoms with Crippen molar-refractivity contribution in [2.24, 2.45) is 11.8 Å². The van der Waals surface area contributed by atoms with E-state index in [2.05, 4.69) is 40.1 Å².